The largest absolute Gasteiger partial charge is 0.509 e. The molecule has 0 aliphatic carbocycles. The first-order valence-electron chi connectivity index (χ1n) is 15.1. The highest BCUT2D eigenvalue weighted by Crippen LogP contribution is 2.44. The molecular weight excluding hydrogens is 572 g/mol. The van der Waals surface area contributed by atoms with Gasteiger partial charge in [0, 0.05) is 0 Å². The Morgan fingerprint density at radius 2 is 1.57 bits per heavy atom. The second-order valence-corrected chi connectivity index (χ2v) is 13.4. The highest BCUT2D eigenvalue weighted by Gasteiger charge is 2.59. The standard InChI is InChI=1S/C31H48N4O9/c1-11-28(4,5)16-22(36)40-24-23(41-27(38)44-30(8,9)13-3)20(17-39-26(37)43-29(6,7)12-2)42-31(24,10)21-15-14-19-25(32)33-18-34-35(19)21/h14-15,18,20,23-24H,11-13,16-17H2,1-10H3,(H2,32,33,34)/t20-,23-,24-,31+/m1/s1. The minimum Gasteiger partial charge on any atom is -0.455 e. The molecule has 0 spiro atoms. The highest BCUT2D eigenvalue weighted by molar-refractivity contribution is 5.71. The molecule has 1 aliphatic rings. The number of anilines is 1. The van der Waals surface area contributed by atoms with Gasteiger partial charge in [-0.05, 0) is 65.0 Å². The minimum absolute atomic E-state index is 0.0970. The zero-order valence-electron chi connectivity index (χ0n) is 27.6. The van der Waals surface area contributed by atoms with E-state index in [1.54, 1.807) is 46.8 Å². The monoisotopic (exact) mass is 620 g/mol. The zero-order valence-corrected chi connectivity index (χ0v) is 27.6. The summed E-state index contributed by atoms with van der Waals surface area (Å²) in [5.41, 5.74) is 3.64. The first kappa shape index (κ1) is 34.9. The van der Waals surface area contributed by atoms with Gasteiger partial charge in [-0.25, -0.2) is 19.1 Å². The Bertz CT molecular complexity index is 1340. The van der Waals surface area contributed by atoms with E-state index >= 15 is 0 Å². The van der Waals surface area contributed by atoms with Gasteiger partial charge in [-0.2, -0.15) is 5.10 Å². The van der Waals surface area contributed by atoms with E-state index in [2.05, 4.69) is 10.1 Å². The maximum absolute atomic E-state index is 13.4. The van der Waals surface area contributed by atoms with Crippen LogP contribution < -0.4 is 5.73 Å². The van der Waals surface area contributed by atoms with Crippen LogP contribution in [0.3, 0.4) is 0 Å². The van der Waals surface area contributed by atoms with Gasteiger partial charge in [0.15, 0.2) is 18.0 Å². The van der Waals surface area contributed by atoms with Crippen molar-refractivity contribution in [3.8, 4) is 0 Å². The quantitative estimate of drug-likeness (QED) is 0.227. The normalized spacial score (nSPS) is 22.5. The highest BCUT2D eigenvalue weighted by atomic mass is 16.8. The number of hydrogen-bond acceptors (Lipinski definition) is 12. The third-order valence-electron chi connectivity index (χ3n) is 8.45. The lowest BCUT2D eigenvalue weighted by Crippen LogP contribution is -2.46. The van der Waals surface area contributed by atoms with E-state index in [1.165, 1.54) is 10.8 Å². The number of ether oxygens (including phenoxy) is 6. The molecule has 1 saturated heterocycles. The lowest BCUT2D eigenvalue weighted by Gasteiger charge is -2.32. The van der Waals surface area contributed by atoms with Crippen molar-refractivity contribution in [1.82, 2.24) is 14.6 Å². The van der Waals surface area contributed by atoms with Crippen molar-refractivity contribution in [3.63, 3.8) is 0 Å². The van der Waals surface area contributed by atoms with Crippen LogP contribution in [-0.4, -0.2) is 69.0 Å². The molecule has 4 atom stereocenters. The maximum Gasteiger partial charge on any atom is 0.509 e. The smallest absolute Gasteiger partial charge is 0.455 e. The van der Waals surface area contributed by atoms with E-state index in [4.69, 9.17) is 34.2 Å². The van der Waals surface area contributed by atoms with Crippen molar-refractivity contribution in [2.24, 2.45) is 5.41 Å². The molecule has 1 fully saturated rings. The number of nitrogen functional groups attached to an aromatic ring is 1. The summed E-state index contributed by atoms with van der Waals surface area (Å²) in [5.74, 6) is -0.293. The number of esters is 1. The van der Waals surface area contributed by atoms with Crippen molar-refractivity contribution in [1.29, 1.82) is 0 Å². The van der Waals surface area contributed by atoms with Gasteiger partial charge >= 0.3 is 18.3 Å². The average Bonchev–Trinajstić information content (AvgIpc) is 3.48. The SMILES string of the molecule is CCC(C)(C)CC(=O)O[C@@H]1[C@H](OC(=O)OC(C)(C)CC)[C@@H](COC(=O)OC(C)(C)CC)O[C@@]1(C)c1ccc2c(N)ncnn12. The predicted octanol–water partition coefficient (Wildman–Crippen LogP) is 5.72. The molecule has 0 saturated carbocycles. The van der Waals surface area contributed by atoms with Gasteiger partial charge in [0.2, 0.25) is 0 Å². The molecule has 0 unspecified atom stereocenters. The number of nitrogens with two attached hydrogens (primary N) is 1. The topological polar surface area (TPSA) is 163 Å². The molecular formula is C31H48N4O9. The fourth-order valence-electron chi connectivity index (χ4n) is 4.55. The minimum atomic E-state index is -1.45. The summed E-state index contributed by atoms with van der Waals surface area (Å²) < 4.78 is 36.5. The van der Waals surface area contributed by atoms with E-state index in [1.807, 2.05) is 34.6 Å². The molecule has 13 nitrogen and oxygen atoms in total. The lowest BCUT2D eigenvalue weighted by atomic mass is 9.86. The average molecular weight is 621 g/mol. The number of aromatic nitrogens is 3. The van der Waals surface area contributed by atoms with Gasteiger partial charge in [0.05, 0.1) is 12.1 Å². The van der Waals surface area contributed by atoms with Crippen LogP contribution in [0.1, 0.15) is 101 Å². The van der Waals surface area contributed by atoms with Crippen LogP contribution in [0.15, 0.2) is 18.5 Å². The number of hydrogen-bond donors (Lipinski definition) is 1. The van der Waals surface area contributed by atoms with Crippen molar-refractivity contribution in [2.75, 3.05) is 12.3 Å². The second-order valence-electron chi connectivity index (χ2n) is 13.4. The van der Waals surface area contributed by atoms with Gasteiger partial charge in [0.25, 0.3) is 0 Å². The summed E-state index contributed by atoms with van der Waals surface area (Å²) in [7, 11) is 0. The molecule has 2 aromatic heterocycles. The van der Waals surface area contributed by atoms with Crippen LogP contribution in [0, 0.1) is 5.41 Å². The van der Waals surface area contributed by atoms with E-state index < -0.39 is 53.4 Å². The van der Waals surface area contributed by atoms with Crippen LogP contribution in [0.4, 0.5) is 15.4 Å². The number of rotatable bonds is 12. The Morgan fingerprint density at radius 3 is 2.16 bits per heavy atom. The third-order valence-corrected chi connectivity index (χ3v) is 8.45. The Morgan fingerprint density at radius 1 is 0.955 bits per heavy atom. The third kappa shape index (κ3) is 8.10. The number of nitrogens with zero attached hydrogens (tertiary/aromatic N) is 3. The van der Waals surface area contributed by atoms with Crippen LogP contribution in [-0.2, 0) is 38.8 Å². The fraction of sp³-hybridized carbons (Fsp3) is 0.710. The molecule has 13 heteroatoms. The first-order chi connectivity index (χ1) is 20.4. The summed E-state index contributed by atoms with van der Waals surface area (Å²) in [5, 5.41) is 4.34. The molecule has 246 valence electrons. The van der Waals surface area contributed by atoms with Gasteiger partial charge in [-0.3, -0.25) is 4.79 Å². The molecule has 0 radical (unpaired) electrons. The fourth-order valence-corrected chi connectivity index (χ4v) is 4.55. The summed E-state index contributed by atoms with van der Waals surface area (Å²) in [6.45, 7) is 18.0. The van der Waals surface area contributed by atoms with Crippen LogP contribution in [0.5, 0.6) is 0 Å². The molecule has 0 amide bonds. The Labute approximate surface area is 259 Å². The van der Waals surface area contributed by atoms with Gasteiger partial charge in [-0.1, -0.05) is 41.0 Å². The molecule has 2 N–H and O–H groups in total. The first-order valence-corrected chi connectivity index (χ1v) is 15.1. The predicted molar refractivity (Wildman–Crippen MR) is 161 cm³/mol. The van der Waals surface area contributed by atoms with Crippen molar-refractivity contribution < 1.29 is 42.8 Å². The Kier molecular flexibility index (Phi) is 10.4. The van der Waals surface area contributed by atoms with Crippen molar-refractivity contribution >= 4 is 29.6 Å². The summed E-state index contributed by atoms with van der Waals surface area (Å²) >= 11 is 0. The summed E-state index contributed by atoms with van der Waals surface area (Å²) in [6.07, 6.45) is -2.25. The van der Waals surface area contributed by atoms with Gasteiger partial charge < -0.3 is 34.2 Å². The maximum atomic E-state index is 13.4. The summed E-state index contributed by atoms with van der Waals surface area (Å²) in [6, 6.07) is 3.42. The molecule has 1 aliphatic heterocycles. The van der Waals surface area contributed by atoms with E-state index in [-0.39, 0.29) is 24.3 Å². The van der Waals surface area contributed by atoms with E-state index in [9.17, 15) is 14.4 Å². The van der Waals surface area contributed by atoms with E-state index in [0.29, 0.717) is 24.1 Å². The molecule has 3 rings (SSSR count). The van der Waals surface area contributed by atoms with Crippen molar-refractivity contribution in [2.45, 2.75) is 130 Å². The number of carbonyl (C=O) groups excluding carboxylic acids is 3. The van der Waals surface area contributed by atoms with Crippen LogP contribution in [0.25, 0.3) is 5.52 Å². The van der Waals surface area contributed by atoms with Crippen LogP contribution in [0.2, 0.25) is 0 Å². The van der Waals surface area contributed by atoms with Gasteiger partial charge in [-0.15, -0.1) is 0 Å². The number of fused-ring (bicyclic) bond motifs is 1. The molecule has 0 bridgehead atoms. The molecule has 44 heavy (non-hydrogen) atoms. The Hall–Kier alpha value is -3.61. The van der Waals surface area contributed by atoms with Crippen LogP contribution >= 0.6 is 0 Å². The Balaban J connectivity index is 2.07. The molecule has 3 heterocycles. The molecule has 0 aromatic carbocycles. The second kappa shape index (κ2) is 13.2. The van der Waals surface area contributed by atoms with E-state index in [0.717, 1.165) is 6.42 Å². The number of carbonyl (C=O) groups is 3. The summed E-state index contributed by atoms with van der Waals surface area (Å²) in [4.78, 5) is 43.2. The zero-order chi connectivity index (χ0) is 33.1. The lowest BCUT2D eigenvalue weighted by molar-refractivity contribution is -0.167. The van der Waals surface area contributed by atoms with Gasteiger partial charge in [0.1, 0.15) is 41.4 Å². The molecule has 2 aromatic rings. The van der Waals surface area contributed by atoms with Crippen molar-refractivity contribution in [3.05, 3.63) is 24.2 Å².